The van der Waals surface area contributed by atoms with Crippen molar-refractivity contribution in [1.82, 2.24) is 9.97 Å². The molecule has 1 aliphatic rings. The molecule has 0 spiro atoms. The molecule has 1 fully saturated rings. The van der Waals surface area contributed by atoms with Crippen LogP contribution < -0.4 is 10.2 Å². The minimum Gasteiger partial charge on any atom is -0.391 e. The fraction of sp³-hybridized carbons (Fsp3) is 0.667. The average Bonchev–Trinajstić information content (AvgIpc) is 2.31. The topological polar surface area (TPSA) is 61.3 Å². The first-order chi connectivity index (χ1) is 8.11. The van der Waals surface area contributed by atoms with Crippen LogP contribution in [0.5, 0.6) is 0 Å². The summed E-state index contributed by atoms with van der Waals surface area (Å²) in [5, 5.41) is 12.8. The molecule has 5 heteroatoms. The van der Waals surface area contributed by atoms with Crippen LogP contribution in [0.3, 0.4) is 0 Å². The maximum absolute atomic E-state index is 9.73. The number of β-amino-alcohol motifs (C(OH)–C–C–N with tert-alkyl or cyclic N) is 1. The van der Waals surface area contributed by atoms with E-state index in [-0.39, 0.29) is 6.10 Å². The van der Waals surface area contributed by atoms with Crippen LogP contribution in [0.1, 0.15) is 24.2 Å². The minimum absolute atomic E-state index is 0.239. The summed E-state index contributed by atoms with van der Waals surface area (Å²) in [7, 11) is 1.86. The first kappa shape index (κ1) is 12.1. The Bertz CT molecular complexity index is 408. The van der Waals surface area contributed by atoms with E-state index in [4.69, 9.17) is 0 Å². The zero-order valence-corrected chi connectivity index (χ0v) is 10.7. The smallest absolute Gasteiger partial charge is 0.137 e. The standard InChI is InChI=1S/C12H20N4O/c1-8-11(13-3)14-9(2)15-12(8)16-6-4-5-10(17)7-16/h10,17H,4-7H2,1-3H3,(H,13,14,15). The maximum atomic E-state index is 9.73. The Labute approximate surface area is 102 Å². The van der Waals surface area contributed by atoms with Crippen LogP contribution in [-0.2, 0) is 0 Å². The predicted octanol–water partition coefficient (Wildman–Crippen LogP) is 1.10. The molecular formula is C12H20N4O. The predicted molar refractivity (Wildman–Crippen MR) is 68.5 cm³/mol. The molecule has 1 aliphatic heterocycles. The fourth-order valence-electron chi connectivity index (χ4n) is 2.31. The van der Waals surface area contributed by atoms with Crippen molar-refractivity contribution >= 4 is 11.6 Å². The Morgan fingerprint density at radius 3 is 2.76 bits per heavy atom. The number of nitrogens with zero attached hydrogens (tertiary/aromatic N) is 3. The van der Waals surface area contributed by atoms with Gasteiger partial charge >= 0.3 is 0 Å². The molecule has 1 unspecified atom stereocenters. The molecule has 2 N–H and O–H groups in total. The SMILES string of the molecule is CNc1nc(C)nc(N2CCCC(O)C2)c1C. The number of aliphatic hydroxyl groups excluding tert-OH is 1. The Kier molecular flexibility index (Phi) is 3.47. The molecule has 2 heterocycles. The number of nitrogens with one attached hydrogen (secondary N) is 1. The molecule has 94 valence electrons. The molecule has 17 heavy (non-hydrogen) atoms. The van der Waals surface area contributed by atoms with Crippen LogP contribution in [-0.4, -0.2) is 41.3 Å². The second-order valence-electron chi connectivity index (χ2n) is 4.56. The van der Waals surface area contributed by atoms with Gasteiger partial charge in [0, 0.05) is 25.7 Å². The lowest BCUT2D eigenvalue weighted by Gasteiger charge is -2.32. The number of aromatic nitrogens is 2. The van der Waals surface area contributed by atoms with Crippen molar-refractivity contribution in [3.05, 3.63) is 11.4 Å². The molecule has 1 saturated heterocycles. The van der Waals surface area contributed by atoms with Gasteiger partial charge in [0.25, 0.3) is 0 Å². The highest BCUT2D eigenvalue weighted by molar-refractivity contribution is 5.58. The number of piperidine rings is 1. The Morgan fingerprint density at radius 2 is 2.12 bits per heavy atom. The highest BCUT2D eigenvalue weighted by atomic mass is 16.3. The van der Waals surface area contributed by atoms with Crippen LogP contribution in [0.4, 0.5) is 11.6 Å². The van der Waals surface area contributed by atoms with E-state index in [0.29, 0.717) is 6.54 Å². The lowest BCUT2D eigenvalue weighted by molar-refractivity contribution is 0.154. The first-order valence-electron chi connectivity index (χ1n) is 6.08. The third-order valence-corrected chi connectivity index (χ3v) is 3.16. The second-order valence-corrected chi connectivity index (χ2v) is 4.56. The molecule has 0 saturated carbocycles. The van der Waals surface area contributed by atoms with Gasteiger partial charge in [-0.3, -0.25) is 0 Å². The first-order valence-corrected chi connectivity index (χ1v) is 6.08. The van der Waals surface area contributed by atoms with Crippen LogP contribution in [0.2, 0.25) is 0 Å². The minimum atomic E-state index is -0.239. The van der Waals surface area contributed by atoms with Gasteiger partial charge in [-0.15, -0.1) is 0 Å². The maximum Gasteiger partial charge on any atom is 0.137 e. The lowest BCUT2D eigenvalue weighted by atomic mass is 10.1. The third-order valence-electron chi connectivity index (χ3n) is 3.16. The van der Waals surface area contributed by atoms with Gasteiger partial charge in [0.1, 0.15) is 17.5 Å². The average molecular weight is 236 g/mol. The lowest BCUT2D eigenvalue weighted by Crippen LogP contribution is -2.39. The summed E-state index contributed by atoms with van der Waals surface area (Å²) in [6.45, 7) is 5.53. The summed E-state index contributed by atoms with van der Waals surface area (Å²) in [5.74, 6) is 2.57. The van der Waals surface area contributed by atoms with E-state index in [0.717, 1.165) is 42.4 Å². The molecular weight excluding hydrogens is 216 g/mol. The van der Waals surface area contributed by atoms with Crippen molar-refractivity contribution in [2.45, 2.75) is 32.8 Å². The van der Waals surface area contributed by atoms with Crippen molar-refractivity contribution in [3.8, 4) is 0 Å². The van der Waals surface area contributed by atoms with Crippen molar-refractivity contribution in [2.24, 2.45) is 0 Å². The van der Waals surface area contributed by atoms with Crippen LogP contribution in [0.25, 0.3) is 0 Å². The van der Waals surface area contributed by atoms with Crippen LogP contribution >= 0.6 is 0 Å². The number of aryl methyl sites for hydroxylation is 1. The van der Waals surface area contributed by atoms with Crippen LogP contribution in [0.15, 0.2) is 0 Å². The largest absolute Gasteiger partial charge is 0.391 e. The van der Waals surface area contributed by atoms with E-state index in [9.17, 15) is 5.11 Å². The normalized spacial score (nSPS) is 20.5. The summed E-state index contributed by atoms with van der Waals surface area (Å²) in [6.07, 6.45) is 1.66. The van der Waals surface area contributed by atoms with Crippen molar-refractivity contribution in [3.63, 3.8) is 0 Å². The highest BCUT2D eigenvalue weighted by Crippen LogP contribution is 2.25. The van der Waals surface area contributed by atoms with Gasteiger partial charge in [0.2, 0.25) is 0 Å². The summed E-state index contributed by atoms with van der Waals surface area (Å²) < 4.78 is 0. The third kappa shape index (κ3) is 2.49. The molecule has 0 aliphatic carbocycles. The van der Waals surface area contributed by atoms with Crippen LogP contribution in [0, 0.1) is 13.8 Å². The van der Waals surface area contributed by atoms with E-state index in [1.54, 1.807) is 0 Å². The summed E-state index contributed by atoms with van der Waals surface area (Å²) in [4.78, 5) is 11.0. The summed E-state index contributed by atoms with van der Waals surface area (Å²) in [5.41, 5.74) is 1.05. The van der Waals surface area contributed by atoms with E-state index in [1.165, 1.54) is 0 Å². The Morgan fingerprint density at radius 1 is 1.35 bits per heavy atom. The Hall–Kier alpha value is -1.36. The van der Waals surface area contributed by atoms with Gasteiger partial charge < -0.3 is 15.3 Å². The van der Waals surface area contributed by atoms with Crippen molar-refractivity contribution in [2.75, 3.05) is 30.4 Å². The Balaban J connectivity index is 2.33. The van der Waals surface area contributed by atoms with Gasteiger partial charge in [0.05, 0.1) is 6.10 Å². The second kappa shape index (κ2) is 4.87. The number of anilines is 2. The molecule has 0 aromatic carbocycles. The zero-order chi connectivity index (χ0) is 12.4. The fourth-order valence-corrected chi connectivity index (χ4v) is 2.31. The molecule has 0 radical (unpaired) electrons. The number of hydrogen-bond donors (Lipinski definition) is 2. The van der Waals surface area contributed by atoms with Gasteiger partial charge in [-0.05, 0) is 26.7 Å². The van der Waals surface area contributed by atoms with Gasteiger partial charge in [0.15, 0.2) is 0 Å². The molecule has 1 atom stereocenters. The molecule has 1 aromatic heterocycles. The van der Waals surface area contributed by atoms with E-state index < -0.39 is 0 Å². The molecule has 1 aromatic rings. The highest BCUT2D eigenvalue weighted by Gasteiger charge is 2.21. The van der Waals surface area contributed by atoms with Gasteiger partial charge in [-0.25, -0.2) is 9.97 Å². The quantitative estimate of drug-likeness (QED) is 0.805. The van der Waals surface area contributed by atoms with Crippen molar-refractivity contribution in [1.29, 1.82) is 0 Å². The number of hydrogen-bond acceptors (Lipinski definition) is 5. The van der Waals surface area contributed by atoms with E-state index in [1.807, 2.05) is 20.9 Å². The summed E-state index contributed by atoms with van der Waals surface area (Å²) in [6, 6.07) is 0. The monoisotopic (exact) mass is 236 g/mol. The molecule has 5 nitrogen and oxygen atoms in total. The summed E-state index contributed by atoms with van der Waals surface area (Å²) >= 11 is 0. The number of rotatable bonds is 2. The molecule has 2 rings (SSSR count). The zero-order valence-electron chi connectivity index (χ0n) is 10.7. The van der Waals surface area contributed by atoms with E-state index >= 15 is 0 Å². The van der Waals surface area contributed by atoms with Gasteiger partial charge in [-0.1, -0.05) is 0 Å². The number of aliphatic hydroxyl groups is 1. The van der Waals surface area contributed by atoms with E-state index in [2.05, 4.69) is 20.2 Å². The molecule has 0 amide bonds. The molecule has 0 bridgehead atoms. The van der Waals surface area contributed by atoms with Crippen molar-refractivity contribution < 1.29 is 5.11 Å². The van der Waals surface area contributed by atoms with Gasteiger partial charge in [-0.2, -0.15) is 0 Å².